The fourth-order valence-corrected chi connectivity index (χ4v) is 1.62. The molecule has 100 valence electrons. The number of nitrogens with two attached hydrogens (primary N) is 1. The molecule has 0 spiro atoms. The minimum atomic E-state index is 0.159. The highest BCUT2D eigenvalue weighted by Crippen LogP contribution is 2.05. The molecule has 5 heteroatoms. The van der Waals surface area contributed by atoms with Gasteiger partial charge in [0.05, 0.1) is 4.99 Å². The van der Waals surface area contributed by atoms with E-state index in [-0.39, 0.29) is 5.91 Å². The van der Waals surface area contributed by atoms with Crippen LogP contribution >= 0.6 is 12.2 Å². The third-order valence-corrected chi connectivity index (χ3v) is 2.51. The molecule has 0 bridgehead atoms. The molecule has 2 N–H and O–H groups in total. The average Bonchev–Trinajstić information content (AvgIpc) is 2.23. The van der Waals surface area contributed by atoms with Gasteiger partial charge >= 0.3 is 0 Å². The number of hydrogen-bond donors (Lipinski definition) is 1. The van der Waals surface area contributed by atoms with Gasteiger partial charge in [-0.3, -0.25) is 4.79 Å². The molecule has 17 heavy (non-hydrogen) atoms. The van der Waals surface area contributed by atoms with Gasteiger partial charge in [0.2, 0.25) is 5.91 Å². The van der Waals surface area contributed by atoms with E-state index in [2.05, 4.69) is 13.8 Å². The van der Waals surface area contributed by atoms with E-state index in [0.29, 0.717) is 36.9 Å². The zero-order chi connectivity index (χ0) is 13.3. The lowest BCUT2D eigenvalue weighted by Gasteiger charge is -2.24. The second-order valence-corrected chi connectivity index (χ2v) is 5.07. The number of hydrogen-bond acceptors (Lipinski definition) is 3. The summed E-state index contributed by atoms with van der Waals surface area (Å²) in [5.41, 5.74) is 5.47. The topological polar surface area (TPSA) is 55.6 Å². The molecule has 1 amide bonds. The first-order chi connectivity index (χ1) is 7.97. The number of ether oxygens (including phenoxy) is 1. The molecule has 0 atom stereocenters. The number of carbonyl (C=O) groups excluding carboxylic acids is 1. The molecular weight excluding hydrogens is 236 g/mol. The zero-order valence-electron chi connectivity index (χ0n) is 11.1. The number of nitrogens with zero attached hydrogens (tertiary/aromatic N) is 1. The standard InChI is InChI=1S/C12H24N2O2S/c1-10(2)9-14(7-6-11(13)17)12(15)5-4-8-16-3/h10H,4-9H2,1-3H3,(H2,13,17). The Morgan fingerprint density at radius 1 is 1.41 bits per heavy atom. The van der Waals surface area contributed by atoms with E-state index in [0.717, 1.165) is 13.0 Å². The van der Waals surface area contributed by atoms with Crippen molar-refractivity contribution in [2.24, 2.45) is 11.7 Å². The van der Waals surface area contributed by atoms with Crippen LogP contribution in [0.2, 0.25) is 0 Å². The van der Waals surface area contributed by atoms with Crippen LogP contribution in [0.3, 0.4) is 0 Å². The number of rotatable bonds is 9. The van der Waals surface area contributed by atoms with Gasteiger partial charge in [0.25, 0.3) is 0 Å². The quantitative estimate of drug-likeness (QED) is 0.505. The fourth-order valence-electron chi connectivity index (χ4n) is 1.53. The molecule has 4 nitrogen and oxygen atoms in total. The minimum Gasteiger partial charge on any atom is -0.393 e. The average molecular weight is 260 g/mol. The predicted molar refractivity (Wildman–Crippen MR) is 73.9 cm³/mol. The molecule has 0 fully saturated rings. The summed E-state index contributed by atoms with van der Waals surface area (Å²) in [4.78, 5) is 14.3. The molecule has 0 unspecified atom stereocenters. The van der Waals surface area contributed by atoms with Gasteiger partial charge in [-0.05, 0) is 12.3 Å². The van der Waals surface area contributed by atoms with Gasteiger partial charge in [0.15, 0.2) is 0 Å². The molecule has 0 saturated heterocycles. The molecule has 0 radical (unpaired) electrons. The number of carbonyl (C=O) groups is 1. The van der Waals surface area contributed by atoms with Crippen molar-refractivity contribution in [2.45, 2.75) is 33.1 Å². The minimum absolute atomic E-state index is 0.159. The third kappa shape index (κ3) is 9.06. The lowest BCUT2D eigenvalue weighted by Crippen LogP contribution is -2.36. The highest BCUT2D eigenvalue weighted by Gasteiger charge is 2.14. The summed E-state index contributed by atoms with van der Waals surface area (Å²) in [5, 5.41) is 0. The Morgan fingerprint density at radius 2 is 2.06 bits per heavy atom. The summed E-state index contributed by atoms with van der Waals surface area (Å²) >= 11 is 4.84. The lowest BCUT2D eigenvalue weighted by molar-refractivity contribution is -0.132. The van der Waals surface area contributed by atoms with E-state index in [1.165, 1.54) is 0 Å². The fraction of sp³-hybridized carbons (Fsp3) is 0.833. The Bertz CT molecular complexity index is 245. The van der Waals surface area contributed by atoms with E-state index >= 15 is 0 Å². The summed E-state index contributed by atoms with van der Waals surface area (Å²) in [6.07, 6.45) is 1.88. The first-order valence-electron chi connectivity index (χ1n) is 6.02. The molecule has 0 aliphatic rings. The number of methoxy groups -OCH3 is 1. The van der Waals surface area contributed by atoms with Gasteiger partial charge in [-0.25, -0.2) is 0 Å². The van der Waals surface area contributed by atoms with Crippen molar-refractivity contribution in [1.82, 2.24) is 4.90 Å². The van der Waals surface area contributed by atoms with E-state index in [1.54, 1.807) is 7.11 Å². The van der Waals surface area contributed by atoms with Crippen molar-refractivity contribution in [2.75, 3.05) is 26.8 Å². The van der Waals surface area contributed by atoms with Crippen LogP contribution in [-0.2, 0) is 9.53 Å². The van der Waals surface area contributed by atoms with Gasteiger partial charge in [-0.1, -0.05) is 26.1 Å². The Kier molecular flexibility index (Phi) is 8.99. The summed E-state index contributed by atoms with van der Waals surface area (Å²) in [6, 6.07) is 0. The normalized spacial score (nSPS) is 10.6. The van der Waals surface area contributed by atoms with Crippen LogP contribution in [0, 0.1) is 5.92 Å². The van der Waals surface area contributed by atoms with Crippen molar-refractivity contribution in [3.8, 4) is 0 Å². The van der Waals surface area contributed by atoms with Crippen LogP contribution in [0.5, 0.6) is 0 Å². The second-order valence-electron chi connectivity index (χ2n) is 4.55. The molecule has 0 aromatic heterocycles. The van der Waals surface area contributed by atoms with Crippen molar-refractivity contribution in [3.63, 3.8) is 0 Å². The first kappa shape index (κ1) is 16.3. The number of amides is 1. The van der Waals surface area contributed by atoms with Gasteiger partial charge in [-0.2, -0.15) is 0 Å². The van der Waals surface area contributed by atoms with Crippen LogP contribution in [0.1, 0.15) is 33.1 Å². The maximum atomic E-state index is 12.0. The summed E-state index contributed by atoms with van der Waals surface area (Å²) in [5.74, 6) is 0.611. The first-order valence-corrected chi connectivity index (χ1v) is 6.43. The Hall–Kier alpha value is -0.680. The van der Waals surface area contributed by atoms with Crippen molar-refractivity contribution in [3.05, 3.63) is 0 Å². The molecule has 0 aromatic rings. The van der Waals surface area contributed by atoms with Gasteiger partial charge in [0, 0.05) is 39.6 Å². The van der Waals surface area contributed by atoms with Gasteiger partial charge < -0.3 is 15.4 Å². The molecular formula is C12H24N2O2S. The van der Waals surface area contributed by atoms with Crippen LogP contribution in [-0.4, -0.2) is 42.6 Å². The highest BCUT2D eigenvalue weighted by molar-refractivity contribution is 7.80. The summed E-state index contributed by atoms with van der Waals surface area (Å²) < 4.78 is 4.94. The molecule has 0 aliphatic heterocycles. The van der Waals surface area contributed by atoms with Gasteiger partial charge in [0.1, 0.15) is 0 Å². The monoisotopic (exact) mass is 260 g/mol. The maximum absolute atomic E-state index is 12.0. The molecule has 0 aromatic carbocycles. The van der Waals surface area contributed by atoms with E-state index < -0.39 is 0 Å². The molecule has 0 rings (SSSR count). The smallest absolute Gasteiger partial charge is 0.222 e. The maximum Gasteiger partial charge on any atom is 0.222 e. The van der Waals surface area contributed by atoms with E-state index in [1.807, 2.05) is 4.90 Å². The lowest BCUT2D eigenvalue weighted by atomic mass is 10.2. The summed E-state index contributed by atoms with van der Waals surface area (Å²) in [7, 11) is 1.64. The van der Waals surface area contributed by atoms with Crippen LogP contribution in [0.15, 0.2) is 0 Å². The largest absolute Gasteiger partial charge is 0.393 e. The predicted octanol–water partition coefficient (Wildman–Crippen LogP) is 1.57. The van der Waals surface area contributed by atoms with Crippen LogP contribution < -0.4 is 5.73 Å². The van der Waals surface area contributed by atoms with E-state index in [9.17, 15) is 4.79 Å². The van der Waals surface area contributed by atoms with Crippen molar-refractivity contribution in [1.29, 1.82) is 0 Å². The Labute approximate surface area is 109 Å². The summed E-state index contributed by atoms with van der Waals surface area (Å²) in [6.45, 7) is 6.19. The van der Waals surface area contributed by atoms with Crippen LogP contribution in [0.25, 0.3) is 0 Å². The Morgan fingerprint density at radius 3 is 2.53 bits per heavy atom. The molecule has 0 heterocycles. The van der Waals surface area contributed by atoms with Crippen molar-refractivity contribution < 1.29 is 9.53 Å². The van der Waals surface area contributed by atoms with Crippen LogP contribution in [0.4, 0.5) is 0 Å². The zero-order valence-corrected chi connectivity index (χ0v) is 11.9. The third-order valence-electron chi connectivity index (χ3n) is 2.31. The van der Waals surface area contributed by atoms with Crippen molar-refractivity contribution >= 4 is 23.1 Å². The highest BCUT2D eigenvalue weighted by atomic mass is 32.1. The number of thiocarbonyl (C=S) groups is 1. The SMILES string of the molecule is COCCCC(=O)N(CCC(N)=S)CC(C)C. The molecule has 0 saturated carbocycles. The second kappa shape index (κ2) is 9.36. The molecule has 0 aliphatic carbocycles. The van der Waals surface area contributed by atoms with E-state index in [4.69, 9.17) is 22.7 Å². The van der Waals surface area contributed by atoms with Gasteiger partial charge in [-0.15, -0.1) is 0 Å². The Balaban J connectivity index is 4.14.